The first-order chi connectivity index (χ1) is 9.78. The molecule has 1 aliphatic heterocycles. The average molecular weight is 273 g/mol. The first-order valence-corrected chi connectivity index (χ1v) is 7.33. The molecule has 0 atom stereocenters. The van der Waals surface area contributed by atoms with E-state index >= 15 is 0 Å². The monoisotopic (exact) mass is 273 g/mol. The van der Waals surface area contributed by atoms with Crippen molar-refractivity contribution in [2.75, 3.05) is 31.1 Å². The molecule has 2 aromatic rings. The highest BCUT2D eigenvalue weighted by Gasteiger charge is 2.15. The Morgan fingerprint density at radius 3 is 2.80 bits per heavy atom. The van der Waals surface area contributed by atoms with E-state index < -0.39 is 0 Å². The van der Waals surface area contributed by atoms with Crippen molar-refractivity contribution in [2.45, 2.75) is 19.8 Å². The van der Waals surface area contributed by atoms with Gasteiger partial charge in [0.15, 0.2) is 0 Å². The van der Waals surface area contributed by atoms with E-state index in [1.807, 2.05) is 6.07 Å². The molecule has 1 N–H and O–H groups in total. The average Bonchev–Trinajstić information content (AvgIpc) is 2.47. The van der Waals surface area contributed by atoms with E-state index in [1.165, 1.54) is 11.8 Å². The van der Waals surface area contributed by atoms with Crippen molar-refractivity contribution >= 4 is 16.6 Å². The van der Waals surface area contributed by atoms with Crippen LogP contribution in [-0.2, 0) is 6.42 Å². The van der Waals surface area contributed by atoms with Crippen LogP contribution >= 0.6 is 0 Å². The molecular weight excluding hydrogens is 253 g/mol. The van der Waals surface area contributed by atoms with E-state index in [0.29, 0.717) is 0 Å². The summed E-state index contributed by atoms with van der Waals surface area (Å²) >= 11 is 0. The number of nitrogens with one attached hydrogen (secondary N) is 1. The van der Waals surface area contributed by atoms with Gasteiger partial charge in [0, 0.05) is 49.0 Å². The minimum absolute atomic E-state index is 0.218. The van der Waals surface area contributed by atoms with Gasteiger partial charge in [-0.2, -0.15) is 0 Å². The quantitative estimate of drug-likeness (QED) is 0.932. The van der Waals surface area contributed by atoms with E-state index in [0.717, 1.165) is 55.6 Å². The maximum absolute atomic E-state index is 13.5. The summed E-state index contributed by atoms with van der Waals surface area (Å²) in [6, 6.07) is 7.09. The first-order valence-electron chi connectivity index (χ1n) is 7.33. The third-order valence-corrected chi connectivity index (χ3v) is 3.77. The van der Waals surface area contributed by atoms with Crippen molar-refractivity contribution < 1.29 is 4.39 Å². The molecule has 106 valence electrons. The summed E-state index contributed by atoms with van der Waals surface area (Å²) in [5.41, 5.74) is 3.02. The van der Waals surface area contributed by atoms with Gasteiger partial charge in [-0.1, -0.05) is 13.3 Å². The fraction of sp³-hybridized carbons (Fsp3) is 0.438. The van der Waals surface area contributed by atoms with E-state index in [2.05, 4.69) is 28.2 Å². The van der Waals surface area contributed by atoms with Gasteiger partial charge in [-0.25, -0.2) is 4.39 Å². The lowest BCUT2D eigenvalue weighted by Gasteiger charge is -2.30. The molecular formula is C16H20FN3. The molecule has 0 unspecified atom stereocenters. The Balaban J connectivity index is 2.11. The van der Waals surface area contributed by atoms with Crippen LogP contribution in [0.4, 0.5) is 10.1 Å². The van der Waals surface area contributed by atoms with Crippen molar-refractivity contribution in [3.63, 3.8) is 0 Å². The number of rotatable bonds is 3. The number of hydrogen-bond acceptors (Lipinski definition) is 3. The van der Waals surface area contributed by atoms with Gasteiger partial charge in [-0.05, 0) is 24.6 Å². The highest BCUT2D eigenvalue weighted by Crippen LogP contribution is 2.28. The standard InChI is InChI=1S/C16H20FN3/c1-2-3-13-11-16(20-8-6-18-7-9-20)14-5-4-12(17)10-15(14)19-13/h4-5,10-11,18H,2-3,6-9H2,1H3. The maximum atomic E-state index is 13.5. The molecule has 0 amide bonds. The molecule has 0 spiro atoms. The second kappa shape index (κ2) is 5.75. The van der Waals surface area contributed by atoms with Gasteiger partial charge in [0.1, 0.15) is 5.82 Å². The zero-order chi connectivity index (χ0) is 13.9. The summed E-state index contributed by atoms with van der Waals surface area (Å²) in [5, 5.41) is 4.41. The summed E-state index contributed by atoms with van der Waals surface area (Å²) in [7, 11) is 0. The molecule has 3 nitrogen and oxygen atoms in total. The number of nitrogens with zero attached hydrogens (tertiary/aromatic N) is 2. The van der Waals surface area contributed by atoms with Crippen LogP contribution in [0.1, 0.15) is 19.0 Å². The Morgan fingerprint density at radius 1 is 1.25 bits per heavy atom. The van der Waals surface area contributed by atoms with E-state index in [-0.39, 0.29) is 5.82 Å². The second-order valence-corrected chi connectivity index (χ2v) is 5.28. The number of aromatic nitrogens is 1. The Labute approximate surface area is 118 Å². The Bertz CT molecular complexity index is 606. The molecule has 1 aromatic heterocycles. The lowest BCUT2D eigenvalue weighted by atomic mass is 10.1. The van der Waals surface area contributed by atoms with Gasteiger partial charge in [0.25, 0.3) is 0 Å². The molecule has 0 aliphatic carbocycles. The molecule has 3 rings (SSSR count). The van der Waals surface area contributed by atoms with Crippen molar-refractivity contribution in [1.29, 1.82) is 0 Å². The van der Waals surface area contributed by atoms with Crippen LogP contribution in [0.5, 0.6) is 0 Å². The molecule has 1 aliphatic rings. The largest absolute Gasteiger partial charge is 0.368 e. The van der Waals surface area contributed by atoms with Crippen molar-refractivity contribution in [3.05, 3.63) is 35.8 Å². The van der Waals surface area contributed by atoms with E-state index in [9.17, 15) is 4.39 Å². The van der Waals surface area contributed by atoms with Crippen molar-refractivity contribution in [1.82, 2.24) is 10.3 Å². The Hall–Kier alpha value is -1.68. The highest BCUT2D eigenvalue weighted by atomic mass is 19.1. The Kier molecular flexibility index (Phi) is 3.83. The summed E-state index contributed by atoms with van der Waals surface area (Å²) in [6.07, 6.45) is 1.99. The number of aryl methyl sites for hydroxylation is 1. The topological polar surface area (TPSA) is 28.2 Å². The number of pyridine rings is 1. The van der Waals surface area contributed by atoms with Gasteiger partial charge in [-0.3, -0.25) is 4.98 Å². The van der Waals surface area contributed by atoms with Gasteiger partial charge in [-0.15, -0.1) is 0 Å². The fourth-order valence-electron chi connectivity index (χ4n) is 2.79. The first kappa shape index (κ1) is 13.3. The summed E-state index contributed by atoms with van der Waals surface area (Å²) in [6.45, 7) is 6.11. The number of piperazine rings is 1. The third kappa shape index (κ3) is 2.61. The van der Waals surface area contributed by atoms with Gasteiger partial charge in [0.2, 0.25) is 0 Å². The summed E-state index contributed by atoms with van der Waals surface area (Å²) in [4.78, 5) is 6.97. The van der Waals surface area contributed by atoms with Gasteiger partial charge in [0.05, 0.1) is 5.52 Å². The van der Waals surface area contributed by atoms with E-state index in [1.54, 1.807) is 6.07 Å². The second-order valence-electron chi connectivity index (χ2n) is 5.28. The molecule has 1 saturated heterocycles. The number of halogens is 1. The van der Waals surface area contributed by atoms with Crippen LogP contribution in [0.2, 0.25) is 0 Å². The lowest BCUT2D eigenvalue weighted by Crippen LogP contribution is -2.43. The third-order valence-electron chi connectivity index (χ3n) is 3.77. The van der Waals surface area contributed by atoms with Crippen LogP contribution in [0.15, 0.2) is 24.3 Å². The number of fused-ring (bicyclic) bond motifs is 1. The molecule has 20 heavy (non-hydrogen) atoms. The number of anilines is 1. The zero-order valence-corrected chi connectivity index (χ0v) is 11.8. The van der Waals surface area contributed by atoms with Crippen LogP contribution in [0.3, 0.4) is 0 Å². The molecule has 0 bridgehead atoms. The lowest BCUT2D eigenvalue weighted by molar-refractivity contribution is 0.590. The molecule has 1 fully saturated rings. The normalized spacial score (nSPS) is 15.8. The summed E-state index contributed by atoms with van der Waals surface area (Å²) in [5.74, 6) is -0.218. The SMILES string of the molecule is CCCc1cc(N2CCNCC2)c2ccc(F)cc2n1. The van der Waals surface area contributed by atoms with Crippen LogP contribution in [0.25, 0.3) is 10.9 Å². The minimum atomic E-state index is -0.218. The Morgan fingerprint density at radius 2 is 2.05 bits per heavy atom. The van der Waals surface area contributed by atoms with Crippen LogP contribution in [0, 0.1) is 5.82 Å². The summed E-state index contributed by atoms with van der Waals surface area (Å²) < 4.78 is 13.5. The predicted molar refractivity (Wildman–Crippen MR) is 80.8 cm³/mol. The van der Waals surface area contributed by atoms with Crippen LogP contribution in [-0.4, -0.2) is 31.2 Å². The van der Waals surface area contributed by atoms with Crippen molar-refractivity contribution in [2.24, 2.45) is 0 Å². The molecule has 2 heterocycles. The smallest absolute Gasteiger partial charge is 0.125 e. The van der Waals surface area contributed by atoms with Crippen molar-refractivity contribution in [3.8, 4) is 0 Å². The highest BCUT2D eigenvalue weighted by molar-refractivity contribution is 5.92. The van der Waals surface area contributed by atoms with Crippen LogP contribution < -0.4 is 10.2 Å². The maximum Gasteiger partial charge on any atom is 0.125 e. The molecule has 0 radical (unpaired) electrons. The zero-order valence-electron chi connectivity index (χ0n) is 11.8. The predicted octanol–water partition coefficient (Wildman–Crippen LogP) is 2.74. The molecule has 0 saturated carbocycles. The molecule has 1 aromatic carbocycles. The number of hydrogen-bond donors (Lipinski definition) is 1. The minimum Gasteiger partial charge on any atom is -0.368 e. The fourth-order valence-corrected chi connectivity index (χ4v) is 2.79. The van der Waals surface area contributed by atoms with Gasteiger partial charge >= 0.3 is 0 Å². The number of benzene rings is 1. The van der Waals surface area contributed by atoms with E-state index in [4.69, 9.17) is 0 Å². The molecule has 4 heteroatoms. The van der Waals surface area contributed by atoms with Gasteiger partial charge < -0.3 is 10.2 Å².